The van der Waals surface area contributed by atoms with Crippen molar-refractivity contribution in [1.29, 1.82) is 0 Å². The van der Waals surface area contributed by atoms with Crippen molar-refractivity contribution in [2.24, 2.45) is 0 Å². The van der Waals surface area contributed by atoms with Gasteiger partial charge in [0.1, 0.15) is 0 Å². The molecule has 0 unspecified atom stereocenters. The van der Waals surface area contributed by atoms with Gasteiger partial charge in [-0.2, -0.15) is 0 Å². The number of aromatic nitrogens is 2. The third-order valence-corrected chi connectivity index (χ3v) is 5.77. The van der Waals surface area contributed by atoms with Crippen LogP contribution in [-0.2, 0) is 0 Å². The van der Waals surface area contributed by atoms with Crippen molar-refractivity contribution in [2.75, 3.05) is 0 Å². The summed E-state index contributed by atoms with van der Waals surface area (Å²) in [5.74, 6) is 0. The lowest BCUT2D eigenvalue weighted by atomic mass is 10.2. The molecule has 24 heavy (non-hydrogen) atoms. The molecule has 0 saturated carbocycles. The maximum atomic E-state index is 6.06. The second-order valence-corrected chi connectivity index (χ2v) is 7.68. The van der Waals surface area contributed by atoms with Gasteiger partial charge in [-0.15, -0.1) is 22.7 Å². The van der Waals surface area contributed by atoms with Crippen molar-refractivity contribution in [2.45, 2.75) is 0 Å². The van der Waals surface area contributed by atoms with E-state index in [1.165, 1.54) is 0 Å². The molecule has 0 saturated heterocycles. The lowest BCUT2D eigenvalue weighted by Crippen LogP contribution is -1.80. The second kappa shape index (κ2) is 6.65. The van der Waals surface area contributed by atoms with Gasteiger partial charge < -0.3 is 0 Å². The van der Waals surface area contributed by atoms with Gasteiger partial charge >= 0.3 is 0 Å². The van der Waals surface area contributed by atoms with E-state index in [0.29, 0.717) is 5.02 Å². The first-order chi connectivity index (χ1) is 11.7. The smallest absolute Gasteiger partial charge is 0.152 e. The van der Waals surface area contributed by atoms with E-state index in [1.807, 2.05) is 59.3 Å². The van der Waals surface area contributed by atoms with Gasteiger partial charge in [0.2, 0.25) is 0 Å². The highest BCUT2D eigenvalue weighted by Gasteiger charge is 2.12. The van der Waals surface area contributed by atoms with Crippen LogP contribution in [0.5, 0.6) is 0 Å². The molecule has 0 radical (unpaired) electrons. The van der Waals surface area contributed by atoms with Crippen LogP contribution in [0, 0.1) is 0 Å². The van der Waals surface area contributed by atoms with Crippen molar-refractivity contribution in [3.63, 3.8) is 0 Å². The maximum absolute atomic E-state index is 6.06. The zero-order valence-electron chi connectivity index (χ0n) is 12.2. The predicted molar refractivity (Wildman–Crippen MR) is 104 cm³/mol. The average molecular weight is 389 g/mol. The number of halogens is 2. The highest BCUT2D eigenvalue weighted by Crippen LogP contribution is 2.34. The van der Waals surface area contributed by atoms with Crippen LogP contribution < -0.4 is 0 Å². The topological polar surface area (TPSA) is 25.8 Å². The molecule has 0 aliphatic heterocycles. The number of nitrogens with zero attached hydrogens (tertiary/aromatic N) is 2. The van der Waals surface area contributed by atoms with E-state index in [9.17, 15) is 0 Å². The Bertz CT molecular complexity index is 990. The quantitative estimate of drug-likeness (QED) is 0.381. The molecule has 118 valence electrons. The summed E-state index contributed by atoms with van der Waals surface area (Å²) >= 11 is 15.2. The van der Waals surface area contributed by atoms with Crippen LogP contribution in [0.3, 0.4) is 0 Å². The third kappa shape index (κ3) is 3.23. The Kier molecular flexibility index (Phi) is 4.37. The molecule has 0 fully saturated rings. The molecule has 0 atom stereocenters. The molecule has 2 aromatic heterocycles. The summed E-state index contributed by atoms with van der Waals surface area (Å²) in [6.45, 7) is 0. The third-order valence-electron chi connectivity index (χ3n) is 3.45. The molecule has 2 nitrogen and oxygen atoms in total. The summed E-state index contributed by atoms with van der Waals surface area (Å²) in [5.41, 5.74) is 3.92. The Morgan fingerprint density at radius 2 is 1.29 bits per heavy atom. The normalized spacial score (nSPS) is 10.9. The molecular weight excluding hydrogens is 379 g/mol. The fourth-order valence-corrected chi connectivity index (χ4v) is 4.30. The highest BCUT2D eigenvalue weighted by atomic mass is 35.5. The monoisotopic (exact) mass is 388 g/mol. The Balaban J connectivity index is 1.65. The van der Waals surface area contributed by atoms with Crippen molar-refractivity contribution >= 4 is 45.9 Å². The standard InChI is InChI=1S/C18H10Cl2N2S2/c19-13-6-4-11(5-7-13)15-9-23-17(21-15)18-22-16(10-24-18)12-2-1-3-14(20)8-12/h1-10H. The van der Waals surface area contributed by atoms with Crippen molar-refractivity contribution in [3.05, 3.63) is 69.3 Å². The first-order valence-corrected chi connectivity index (χ1v) is 9.64. The Morgan fingerprint density at radius 1 is 0.667 bits per heavy atom. The lowest BCUT2D eigenvalue weighted by Gasteiger charge is -1.97. The van der Waals surface area contributed by atoms with Gasteiger partial charge in [-0.3, -0.25) is 0 Å². The van der Waals surface area contributed by atoms with Gasteiger partial charge in [-0.25, -0.2) is 9.97 Å². The van der Waals surface area contributed by atoms with E-state index in [0.717, 1.165) is 37.6 Å². The lowest BCUT2D eigenvalue weighted by molar-refractivity contribution is 1.35. The minimum Gasteiger partial charge on any atom is -0.233 e. The SMILES string of the molecule is Clc1ccc(-c2csc(-c3nc(-c4cccc(Cl)c4)cs3)n2)cc1. The fraction of sp³-hybridized carbons (Fsp3) is 0. The van der Waals surface area contributed by atoms with E-state index < -0.39 is 0 Å². The number of thiazole rings is 2. The molecule has 6 heteroatoms. The van der Waals surface area contributed by atoms with Gasteiger partial charge in [-0.05, 0) is 24.3 Å². The fourth-order valence-electron chi connectivity index (χ4n) is 2.28. The zero-order valence-corrected chi connectivity index (χ0v) is 15.4. The Labute approximate surface area is 157 Å². The van der Waals surface area contributed by atoms with Crippen LogP contribution in [0.1, 0.15) is 0 Å². The van der Waals surface area contributed by atoms with E-state index >= 15 is 0 Å². The number of benzene rings is 2. The first kappa shape index (κ1) is 15.8. The average Bonchev–Trinajstić information content (AvgIpc) is 3.25. The Morgan fingerprint density at radius 3 is 1.92 bits per heavy atom. The molecule has 0 bridgehead atoms. The molecule has 0 aliphatic rings. The minimum absolute atomic E-state index is 0.710. The minimum atomic E-state index is 0.710. The molecule has 4 aromatic rings. The van der Waals surface area contributed by atoms with Crippen LogP contribution >= 0.6 is 45.9 Å². The van der Waals surface area contributed by atoms with Gasteiger partial charge in [0.05, 0.1) is 11.4 Å². The van der Waals surface area contributed by atoms with E-state index in [1.54, 1.807) is 22.7 Å². The van der Waals surface area contributed by atoms with Crippen LogP contribution in [-0.4, -0.2) is 9.97 Å². The molecule has 0 N–H and O–H groups in total. The maximum Gasteiger partial charge on any atom is 0.152 e. The molecule has 0 aliphatic carbocycles. The van der Waals surface area contributed by atoms with Crippen LogP contribution in [0.15, 0.2) is 59.3 Å². The van der Waals surface area contributed by atoms with E-state index in [2.05, 4.69) is 0 Å². The van der Waals surface area contributed by atoms with Crippen LogP contribution in [0.4, 0.5) is 0 Å². The van der Waals surface area contributed by atoms with Crippen LogP contribution in [0.25, 0.3) is 32.5 Å². The molecular formula is C18H10Cl2N2S2. The van der Waals surface area contributed by atoms with Crippen molar-refractivity contribution in [3.8, 4) is 32.5 Å². The molecule has 0 amide bonds. The predicted octanol–water partition coefficient (Wildman–Crippen LogP) is 6.91. The first-order valence-electron chi connectivity index (χ1n) is 7.12. The molecule has 2 heterocycles. The van der Waals surface area contributed by atoms with Gasteiger partial charge in [0, 0.05) is 31.9 Å². The van der Waals surface area contributed by atoms with E-state index in [-0.39, 0.29) is 0 Å². The number of rotatable bonds is 3. The van der Waals surface area contributed by atoms with Crippen molar-refractivity contribution < 1.29 is 0 Å². The van der Waals surface area contributed by atoms with Gasteiger partial charge in [0.15, 0.2) is 10.0 Å². The molecule has 0 spiro atoms. The van der Waals surface area contributed by atoms with E-state index in [4.69, 9.17) is 33.2 Å². The molecule has 2 aromatic carbocycles. The highest BCUT2D eigenvalue weighted by molar-refractivity contribution is 7.20. The number of hydrogen-bond donors (Lipinski definition) is 0. The summed E-state index contributed by atoms with van der Waals surface area (Å²) in [4.78, 5) is 9.40. The summed E-state index contributed by atoms with van der Waals surface area (Å²) in [5, 5.41) is 7.33. The summed E-state index contributed by atoms with van der Waals surface area (Å²) in [7, 11) is 0. The van der Waals surface area contributed by atoms with Gasteiger partial charge in [0.25, 0.3) is 0 Å². The Hall–Kier alpha value is -1.72. The zero-order chi connectivity index (χ0) is 16.5. The molecule has 4 rings (SSSR count). The number of hydrogen-bond acceptors (Lipinski definition) is 4. The van der Waals surface area contributed by atoms with Crippen molar-refractivity contribution in [1.82, 2.24) is 9.97 Å². The second-order valence-electron chi connectivity index (χ2n) is 5.09. The summed E-state index contributed by atoms with van der Waals surface area (Å²) in [6, 6.07) is 15.4. The van der Waals surface area contributed by atoms with Crippen LogP contribution in [0.2, 0.25) is 10.0 Å². The summed E-state index contributed by atoms with van der Waals surface area (Å²) < 4.78 is 0. The summed E-state index contributed by atoms with van der Waals surface area (Å²) in [6.07, 6.45) is 0. The largest absolute Gasteiger partial charge is 0.233 e. The van der Waals surface area contributed by atoms with Gasteiger partial charge in [-0.1, -0.05) is 47.5 Å².